The normalized spacial score (nSPS) is 15.0. The van der Waals surface area contributed by atoms with Crippen LogP contribution in [0.2, 0.25) is 5.02 Å². The van der Waals surface area contributed by atoms with Gasteiger partial charge in [-0.15, -0.1) is 0 Å². The maximum atomic E-state index is 12.5. The maximum absolute atomic E-state index is 12.5. The van der Waals surface area contributed by atoms with Crippen molar-refractivity contribution in [1.82, 2.24) is 0 Å². The Morgan fingerprint density at radius 2 is 1.78 bits per heavy atom. The quantitative estimate of drug-likeness (QED) is 0.866. The molecule has 23 heavy (non-hydrogen) atoms. The van der Waals surface area contributed by atoms with Crippen molar-refractivity contribution in [1.29, 1.82) is 0 Å². The second kappa shape index (κ2) is 5.93. The Hall–Kier alpha value is -2.53. The third kappa shape index (κ3) is 2.53. The molecule has 3 rings (SSSR count). The van der Waals surface area contributed by atoms with E-state index in [1.165, 1.54) is 14.2 Å². The molecule has 6 heteroatoms. The largest absolute Gasteiger partial charge is 0.495 e. The minimum absolute atomic E-state index is 0.165. The Labute approximate surface area is 139 Å². The molecule has 0 unspecified atom stereocenters. The molecule has 0 saturated carbocycles. The van der Waals surface area contributed by atoms with Crippen LogP contribution in [-0.2, 0) is 4.79 Å². The zero-order chi connectivity index (χ0) is 16.6. The summed E-state index contributed by atoms with van der Waals surface area (Å²) in [5, 5.41) is 0.420. The van der Waals surface area contributed by atoms with Crippen LogP contribution in [0.4, 0.5) is 11.4 Å². The van der Waals surface area contributed by atoms with Gasteiger partial charge in [-0.25, -0.2) is 4.99 Å². The van der Waals surface area contributed by atoms with Gasteiger partial charge >= 0.3 is 0 Å². The standard InChI is InChI=1S/C17H15ClN2O3/c1-20-13-7-5-4-6-10(13)16(17(20)21)19-12-9-14(22-2)11(18)8-15(12)23-3/h4-9H,1-3H3. The molecule has 1 aliphatic rings. The number of nitrogens with zero attached hydrogens (tertiary/aromatic N) is 2. The Morgan fingerprint density at radius 1 is 1.09 bits per heavy atom. The number of hydrogen-bond acceptors (Lipinski definition) is 4. The molecule has 0 spiro atoms. The zero-order valence-corrected chi connectivity index (χ0v) is 13.7. The van der Waals surface area contributed by atoms with Crippen LogP contribution in [0.3, 0.4) is 0 Å². The second-order valence-electron chi connectivity index (χ2n) is 5.00. The molecule has 0 aromatic heterocycles. The van der Waals surface area contributed by atoms with Gasteiger partial charge in [-0.2, -0.15) is 0 Å². The van der Waals surface area contributed by atoms with Gasteiger partial charge in [0.2, 0.25) is 0 Å². The average Bonchev–Trinajstić information content (AvgIpc) is 2.81. The fourth-order valence-corrected chi connectivity index (χ4v) is 2.74. The van der Waals surface area contributed by atoms with Crippen LogP contribution in [-0.4, -0.2) is 32.9 Å². The maximum Gasteiger partial charge on any atom is 0.277 e. The third-order valence-corrected chi connectivity index (χ3v) is 4.01. The third-order valence-electron chi connectivity index (χ3n) is 3.71. The van der Waals surface area contributed by atoms with Crippen molar-refractivity contribution in [2.75, 3.05) is 26.2 Å². The molecule has 2 aromatic rings. The van der Waals surface area contributed by atoms with E-state index in [1.54, 1.807) is 24.1 Å². The zero-order valence-electron chi connectivity index (χ0n) is 13.0. The summed E-state index contributed by atoms with van der Waals surface area (Å²) in [7, 11) is 4.77. The van der Waals surface area contributed by atoms with Crippen molar-refractivity contribution in [2.45, 2.75) is 0 Å². The van der Waals surface area contributed by atoms with Crippen LogP contribution in [0.1, 0.15) is 5.56 Å². The van der Waals surface area contributed by atoms with Gasteiger partial charge in [0, 0.05) is 24.7 Å². The number of methoxy groups -OCH3 is 2. The highest BCUT2D eigenvalue weighted by molar-refractivity contribution is 6.54. The molecule has 1 amide bonds. The fraction of sp³-hybridized carbons (Fsp3) is 0.176. The Morgan fingerprint density at radius 3 is 2.48 bits per heavy atom. The minimum Gasteiger partial charge on any atom is -0.495 e. The highest BCUT2D eigenvalue weighted by atomic mass is 35.5. The SMILES string of the molecule is COc1cc(N=C2C(=O)N(C)c3ccccc32)c(OC)cc1Cl. The summed E-state index contributed by atoms with van der Waals surface area (Å²) in [6.45, 7) is 0. The number of benzene rings is 2. The fourth-order valence-electron chi connectivity index (χ4n) is 2.51. The van der Waals surface area contributed by atoms with Crippen LogP contribution in [0, 0.1) is 0 Å². The molecular formula is C17H15ClN2O3. The molecule has 0 saturated heterocycles. The van der Waals surface area contributed by atoms with E-state index >= 15 is 0 Å². The molecule has 0 aliphatic carbocycles. The number of amides is 1. The summed E-state index contributed by atoms with van der Waals surface area (Å²) in [6, 6.07) is 10.8. The summed E-state index contributed by atoms with van der Waals surface area (Å²) in [4.78, 5) is 18.6. The van der Waals surface area contributed by atoms with Crippen LogP contribution in [0.5, 0.6) is 11.5 Å². The summed E-state index contributed by atoms with van der Waals surface area (Å²) in [5.41, 5.74) is 2.47. The lowest BCUT2D eigenvalue weighted by Crippen LogP contribution is -2.25. The number of rotatable bonds is 3. The van der Waals surface area contributed by atoms with Crippen LogP contribution >= 0.6 is 11.6 Å². The molecule has 0 radical (unpaired) electrons. The Balaban J connectivity index is 2.17. The second-order valence-corrected chi connectivity index (χ2v) is 5.41. The lowest BCUT2D eigenvalue weighted by atomic mass is 10.1. The summed E-state index contributed by atoms with van der Waals surface area (Å²) >= 11 is 6.10. The van der Waals surface area contributed by atoms with E-state index in [1.807, 2.05) is 24.3 Å². The van der Waals surface area contributed by atoms with Gasteiger partial charge < -0.3 is 14.4 Å². The summed E-state index contributed by atoms with van der Waals surface area (Å²) in [5.74, 6) is 0.782. The van der Waals surface area contributed by atoms with E-state index in [2.05, 4.69) is 4.99 Å². The van der Waals surface area contributed by atoms with Crippen LogP contribution < -0.4 is 14.4 Å². The summed E-state index contributed by atoms with van der Waals surface area (Å²) in [6.07, 6.45) is 0. The number of aliphatic imine (C=N–C) groups is 1. The molecule has 0 N–H and O–H groups in total. The molecule has 0 atom stereocenters. The Kier molecular flexibility index (Phi) is 3.96. The number of carbonyl (C=O) groups is 1. The van der Waals surface area contributed by atoms with Gasteiger partial charge in [-0.1, -0.05) is 29.8 Å². The van der Waals surface area contributed by atoms with E-state index < -0.39 is 0 Å². The van der Waals surface area contributed by atoms with Crippen LogP contribution in [0.15, 0.2) is 41.4 Å². The van der Waals surface area contributed by atoms with E-state index in [4.69, 9.17) is 21.1 Å². The molecular weight excluding hydrogens is 316 g/mol. The van der Waals surface area contributed by atoms with Crippen molar-refractivity contribution < 1.29 is 14.3 Å². The number of halogens is 1. The monoisotopic (exact) mass is 330 g/mol. The van der Waals surface area contributed by atoms with Gasteiger partial charge in [0.05, 0.1) is 24.9 Å². The average molecular weight is 331 g/mol. The van der Waals surface area contributed by atoms with Crippen molar-refractivity contribution in [2.24, 2.45) is 4.99 Å². The lowest BCUT2D eigenvalue weighted by molar-refractivity contribution is -0.111. The topological polar surface area (TPSA) is 51.1 Å². The van der Waals surface area contributed by atoms with Crippen molar-refractivity contribution in [3.63, 3.8) is 0 Å². The molecule has 2 aromatic carbocycles. The number of ether oxygens (including phenoxy) is 2. The van der Waals surface area contributed by atoms with Crippen molar-refractivity contribution in [3.8, 4) is 11.5 Å². The molecule has 1 aliphatic heterocycles. The van der Waals surface area contributed by atoms with Crippen molar-refractivity contribution >= 4 is 34.6 Å². The molecule has 1 heterocycles. The number of anilines is 1. The smallest absolute Gasteiger partial charge is 0.277 e. The number of likely N-dealkylation sites (N-methyl/N-ethyl adjacent to an activating group) is 1. The predicted octanol–water partition coefficient (Wildman–Crippen LogP) is 3.45. The summed E-state index contributed by atoms with van der Waals surface area (Å²) < 4.78 is 10.5. The number of para-hydroxylation sites is 1. The highest BCUT2D eigenvalue weighted by Crippen LogP contribution is 2.39. The molecule has 0 fully saturated rings. The van der Waals surface area contributed by atoms with Gasteiger partial charge in [-0.05, 0) is 6.07 Å². The van der Waals surface area contributed by atoms with E-state index in [-0.39, 0.29) is 5.91 Å². The number of fused-ring (bicyclic) bond motifs is 1. The Bertz CT molecular complexity index is 817. The number of carbonyl (C=O) groups excluding carboxylic acids is 1. The van der Waals surface area contributed by atoms with Crippen LogP contribution in [0.25, 0.3) is 0 Å². The lowest BCUT2D eigenvalue weighted by Gasteiger charge is -2.10. The van der Waals surface area contributed by atoms with Crippen molar-refractivity contribution in [3.05, 3.63) is 47.0 Å². The van der Waals surface area contributed by atoms with E-state index in [0.29, 0.717) is 27.9 Å². The number of hydrogen-bond donors (Lipinski definition) is 0. The molecule has 118 valence electrons. The first-order valence-corrected chi connectivity index (χ1v) is 7.32. The minimum atomic E-state index is -0.165. The van der Waals surface area contributed by atoms with Gasteiger partial charge in [0.1, 0.15) is 22.9 Å². The first-order valence-electron chi connectivity index (χ1n) is 6.94. The first kappa shape index (κ1) is 15.4. The molecule has 0 bridgehead atoms. The predicted molar refractivity (Wildman–Crippen MR) is 90.6 cm³/mol. The first-order chi connectivity index (χ1) is 11.1. The van der Waals surface area contributed by atoms with Gasteiger partial charge in [-0.3, -0.25) is 4.79 Å². The van der Waals surface area contributed by atoms with Gasteiger partial charge in [0.15, 0.2) is 0 Å². The molecule has 5 nitrogen and oxygen atoms in total. The highest BCUT2D eigenvalue weighted by Gasteiger charge is 2.31. The van der Waals surface area contributed by atoms with E-state index in [9.17, 15) is 4.79 Å². The van der Waals surface area contributed by atoms with E-state index in [0.717, 1.165) is 11.3 Å². The van der Waals surface area contributed by atoms with Gasteiger partial charge in [0.25, 0.3) is 5.91 Å².